The molecule has 0 fully saturated rings. The van der Waals surface area contributed by atoms with Gasteiger partial charge in [-0.2, -0.15) is 0 Å². The van der Waals surface area contributed by atoms with Crippen LogP contribution in [0.3, 0.4) is 0 Å². The average Bonchev–Trinajstić information content (AvgIpc) is 2.64. The smallest absolute Gasteiger partial charge is 0.112 e. The Morgan fingerprint density at radius 1 is 1.35 bits per heavy atom. The second kappa shape index (κ2) is 4.88. The topological polar surface area (TPSA) is 29.9 Å². The second-order valence-electron chi connectivity index (χ2n) is 4.79. The number of imidazole rings is 1. The number of fused-ring (bicyclic) bond motifs is 1. The van der Waals surface area contributed by atoms with Gasteiger partial charge in [0.1, 0.15) is 5.82 Å². The van der Waals surface area contributed by atoms with Crippen LogP contribution in [-0.4, -0.2) is 16.1 Å². The highest BCUT2D eigenvalue weighted by Gasteiger charge is 2.10. The number of benzene rings is 1. The fraction of sp³-hybridized carbons (Fsp3) is 0.500. The SMILES string of the molecule is CCNCc1ccc2nc(C(C)C)n(C)c2c1. The summed E-state index contributed by atoms with van der Waals surface area (Å²) in [4.78, 5) is 4.68. The highest BCUT2D eigenvalue weighted by Crippen LogP contribution is 2.21. The highest BCUT2D eigenvalue weighted by atomic mass is 15.1. The zero-order chi connectivity index (χ0) is 12.4. The molecule has 0 bridgehead atoms. The fourth-order valence-electron chi connectivity index (χ4n) is 2.15. The van der Waals surface area contributed by atoms with Crippen molar-refractivity contribution < 1.29 is 0 Å². The van der Waals surface area contributed by atoms with E-state index in [2.05, 4.69) is 60.9 Å². The first kappa shape index (κ1) is 12.1. The first-order chi connectivity index (χ1) is 8.13. The molecule has 0 aliphatic rings. The molecule has 2 rings (SSSR count). The van der Waals surface area contributed by atoms with Crippen molar-refractivity contribution in [3.05, 3.63) is 29.6 Å². The number of rotatable bonds is 4. The van der Waals surface area contributed by atoms with Crippen LogP contribution in [0, 0.1) is 0 Å². The van der Waals surface area contributed by atoms with Gasteiger partial charge in [-0.1, -0.05) is 26.8 Å². The molecule has 0 spiro atoms. The van der Waals surface area contributed by atoms with E-state index in [-0.39, 0.29) is 0 Å². The summed E-state index contributed by atoms with van der Waals surface area (Å²) in [6, 6.07) is 6.51. The Balaban J connectivity index is 2.42. The van der Waals surface area contributed by atoms with Crippen LogP contribution < -0.4 is 5.32 Å². The fourth-order valence-corrected chi connectivity index (χ4v) is 2.15. The molecule has 1 N–H and O–H groups in total. The molecule has 1 aromatic carbocycles. The van der Waals surface area contributed by atoms with E-state index in [1.165, 1.54) is 11.1 Å². The third-order valence-electron chi connectivity index (χ3n) is 3.08. The van der Waals surface area contributed by atoms with E-state index in [9.17, 15) is 0 Å². The van der Waals surface area contributed by atoms with Crippen LogP contribution >= 0.6 is 0 Å². The molecule has 3 heteroatoms. The molecular formula is C14H21N3. The normalized spacial score (nSPS) is 11.6. The van der Waals surface area contributed by atoms with Crippen molar-refractivity contribution in [3.8, 4) is 0 Å². The number of hydrogen-bond acceptors (Lipinski definition) is 2. The zero-order valence-electron chi connectivity index (χ0n) is 11.1. The molecule has 0 amide bonds. The van der Waals surface area contributed by atoms with Crippen molar-refractivity contribution >= 4 is 11.0 Å². The van der Waals surface area contributed by atoms with Gasteiger partial charge in [0.05, 0.1) is 11.0 Å². The van der Waals surface area contributed by atoms with Crippen LogP contribution in [-0.2, 0) is 13.6 Å². The van der Waals surface area contributed by atoms with Crippen LogP contribution in [0.1, 0.15) is 38.1 Å². The van der Waals surface area contributed by atoms with Gasteiger partial charge in [-0.05, 0) is 24.2 Å². The third kappa shape index (κ3) is 2.34. The Hall–Kier alpha value is -1.35. The summed E-state index contributed by atoms with van der Waals surface area (Å²) in [5, 5.41) is 3.35. The van der Waals surface area contributed by atoms with Crippen molar-refractivity contribution in [1.82, 2.24) is 14.9 Å². The molecule has 0 radical (unpaired) electrons. The van der Waals surface area contributed by atoms with E-state index in [1.807, 2.05) is 0 Å². The minimum atomic E-state index is 0.463. The summed E-state index contributed by atoms with van der Waals surface area (Å²) < 4.78 is 2.20. The molecule has 1 heterocycles. The van der Waals surface area contributed by atoms with Crippen LogP contribution in [0.25, 0.3) is 11.0 Å². The van der Waals surface area contributed by atoms with E-state index in [4.69, 9.17) is 0 Å². The monoisotopic (exact) mass is 231 g/mol. The Bertz CT molecular complexity index is 511. The molecule has 1 aromatic heterocycles. The Morgan fingerprint density at radius 3 is 2.76 bits per heavy atom. The summed E-state index contributed by atoms with van der Waals surface area (Å²) in [7, 11) is 2.10. The van der Waals surface area contributed by atoms with Gasteiger partial charge in [-0.25, -0.2) is 4.98 Å². The summed E-state index contributed by atoms with van der Waals surface area (Å²) in [5.41, 5.74) is 3.64. The van der Waals surface area contributed by atoms with E-state index < -0.39 is 0 Å². The zero-order valence-corrected chi connectivity index (χ0v) is 11.1. The summed E-state index contributed by atoms with van der Waals surface area (Å²) >= 11 is 0. The summed E-state index contributed by atoms with van der Waals surface area (Å²) in [5.74, 6) is 1.62. The second-order valence-corrected chi connectivity index (χ2v) is 4.79. The number of nitrogens with one attached hydrogen (secondary N) is 1. The quantitative estimate of drug-likeness (QED) is 0.877. The molecule has 0 aliphatic carbocycles. The molecule has 92 valence electrons. The van der Waals surface area contributed by atoms with E-state index in [1.54, 1.807) is 0 Å². The standard InChI is InChI=1S/C14H21N3/c1-5-15-9-11-6-7-12-13(8-11)17(4)14(16-12)10(2)3/h6-8,10,15H,5,9H2,1-4H3. The molecule has 0 unspecified atom stereocenters. The maximum absolute atomic E-state index is 4.68. The Labute approximate surface area is 103 Å². The largest absolute Gasteiger partial charge is 0.331 e. The summed E-state index contributed by atoms with van der Waals surface area (Å²) in [6.07, 6.45) is 0. The predicted molar refractivity (Wildman–Crippen MR) is 72.2 cm³/mol. The summed E-state index contributed by atoms with van der Waals surface area (Å²) in [6.45, 7) is 8.41. The molecule has 0 saturated heterocycles. The van der Waals surface area contributed by atoms with Gasteiger partial charge in [-0.15, -0.1) is 0 Å². The van der Waals surface area contributed by atoms with E-state index >= 15 is 0 Å². The maximum atomic E-state index is 4.68. The molecule has 3 nitrogen and oxygen atoms in total. The van der Waals surface area contributed by atoms with Crippen LogP contribution in [0.4, 0.5) is 0 Å². The van der Waals surface area contributed by atoms with Gasteiger partial charge in [0, 0.05) is 19.5 Å². The molecule has 0 aliphatic heterocycles. The number of aryl methyl sites for hydroxylation is 1. The van der Waals surface area contributed by atoms with Gasteiger partial charge in [-0.3, -0.25) is 0 Å². The van der Waals surface area contributed by atoms with Gasteiger partial charge in [0.2, 0.25) is 0 Å². The van der Waals surface area contributed by atoms with Gasteiger partial charge < -0.3 is 9.88 Å². The van der Waals surface area contributed by atoms with Gasteiger partial charge >= 0.3 is 0 Å². The number of hydrogen-bond donors (Lipinski definition) is 1. The van der Waals surface area contributed by atoms with Crippen molar-refractivity contribution in [2.75, 3.05) is 6.54 Å². The van der Waals surface area contributed by atoms with E-state index in [0.29, 0.717) is 5.92 Å². The van der Waals surface area contributed by atoms with Crippen LogP contribution in [0.15, 0.2) is 18.2 Å². The van der Waals surface area contributed by atoms with E-state index in [0.717, 1.165) is 24.4 Å². The molecule has 2 aromatic rings. The minimum absolute atomic E-state index is 0.463. The van der Waals surface area contributed by atoms with Crippen molar-refractivity contribution in [1.29, 1.82) is 0 Å². The van der Waals surface area contributed by atoms with Crippen molar-refractivity contribution in [3.63, 3.8) is 0 Å². The lowest BCUT2D eigenvalue weighted by molar-refractivity contribution is 0.719. The highest BCUT2D eigenvalue weighted by molar-refractivity contribution is 5.77. The van der Waals surface area contributed by atoms with Gasteiger partial charge in [0.15, 0.2) is 0 Å². The first-order valence-corrected chi connectivity index (χ1v) is 6.29. The lowest BCUT2D eigenvalue weighted by Gasteiger charge is -2.05. The van der Waals surface area contributed by atoms with Crippen molar-refractivity contribution in [2.45, 2.75) is 33.2 Å². The molecule has 0 saturated carbocycles. The lowest BCUT2D eigenvalue weighted by atomic mass is 10.2. The van der Waals surface area contributed by atoms with Crippen LogP contribution in [0.2, 0.25) is 0 Å². The molecule has 0 atom stereocenters. The minimum Gasteiger partial charge on any atom is -0.331 e. The predicted octanol–water partition coefficient (Wildman–Crippen LogP) is 2.81. The number of aromatic nitrogens is 2. The Kier molecular flexibility index (Phi) is 3.48. The first-order valence-electron chi connectivity index (χ1n) is 6.29. The average molecular weight is 231 g/mol. The van der Waals surface area contributed by atoms with Crippen molar-refractivity contribution in [2.24, 2.45) is 7.05 Å². The number of nitrogens with zero attached hydrogens (tertiary/aromatic N) is 2. The van der Waals surface area contributed by atoms with Gasteiger partial charge in [0.25, 0.3) is 0 Å². The maximum Gasteiger partial charge on any atom is 0.112 e. The third-order valence-corrected chi connectivity index (χ3v) is 3.08. The van der Waals surface area contributed by atoms with Crippen LogP contribution in [0.5, 0.6) is 0 Å². The molecule has 17 heavy (non-hydrogen) atoms. The Morgan fingerprint density at radius 2 is 2.12 bits per heavy atom. The molecular weight excluding hydrogens is 210 g/mol. The lowest BCUT2D eigenvalue weighted by Crippen LogP contribution is -2.11.